The predicted molar refractivity (Wildman–Crippen MR) is 122 cm³/mol. The van der Waals surface area contributed by atoms with E-state index in [0.717, 1.165) is 43.3 Å². The van der Waals surface area contributed by atoms with Crippen LogP contribution in [0.15, 0.2) is 42.5 Å². The first-order valence-electron chi connectivity index (χ1n) is 11.2. The molecule has 2 heterocycles. The fourth-order valence-corrected chi connectivity index (χ4v) is 4.51. The molecule has 1 fully saturated rings. The van der Waals surface area contributed by atoms with Crippen molar-refractivity contribution in [2.75, 3.05) is 18.4 Å². The van der Waals surface area contributed by atoms with Crippen molar-refractivity contribution in [2.24, 2.45) is 0 Å². The van der Waals surface area contributed by atoms with Crippen LogP contribution in [0, 0.1) is 13.8 Å². The van der Waals surface area contributed by atoms with Crippen molar-refractivity contribution < 1.29 is 4.79 Å². The summed E-state index contributed by atoms with van der Waals surface area (Å²) in [6.07, 6.45) is 6.20. The first kappa shape index (κ1) is 19.9. The number of carbonyl (C=O) groups excluding carboxylic acids is 1. The maximum Gasteiger partial charge on any atom is 0.278 e. The van der Waals surface area contributed by atoms with Gasteiger partial charge in [0.15, 0.2) is 5.69 Å². The molecule has 3 aromatic rings. The number of benzene rings is 2. The molecule has 0 saturated heterocycles. The van der Waals surface area contributed by atoms with Gasteiger partial charge < -0.3 is 5.32 Å². The molecule has 31 heavy (non-hydrogen) atoms. The van der Waals surface area contributed by atoms with Gasteiger partial charge in [-0.25, -0.2) is 0 Å². The monoisotopic (exact) mass is 415 g/mol. The van der Waals surface area contributed by atoms with Crippen LogP contribution in [-0.4, -0.2) is 44.9 Å². The largest absolute Gasteiger partial charge is 0.321 e. The van der Waals surface area contributed by atoms with Crippen LogP contribution in [0.3, 0.4) is 0 Å². The second-order valence-corrected chi connectivity index (χ2v) is 8.82. The van der Waals surface area contributed by atoms with Gasteiger partial charge in [0.2, 0.25) is 0 Å². The average molecular weight is 416 g/mol. The van der Waals surface area contributed by atoms with Crippen molar-refractivity contribution in [3.63, 3.8) is 0 Å². The van der Waals surface area contributed by atoms with Crippen LogP contribution in [0.5, 0.6) is 0 Å². The SMILES string of the molecule is Cc1ccc(-n2nc(C)c(C(=O)Nc3ccc4c(c3)CCN(C3CCC3)CC4)n2)cc1. The molecular weight excluding hydrogens is 386 g/mol. The predicted octanol–water partition coefficient (Wildman–Crippen LogP) is 4.09. The van der Waals surface area contributed by atoms with E-state index in [4.69, 9.17) is 0 Å². The Kier molecular flexibility index (Phi) is 5.32. The molecule has 0 radical (unpaired) electrons. The Balaban J connectivity index is 1.30. The highest BCUT2D eigenvalue weighted by molar-refractivity contribution is 6.03. The Morgan fingerprint density at radius 3 is 2.42 bits per heavy atom. The molecule has 160 valence electrons. The summed E-state index contributed by atoms with van der Waals surface area (Å²) in [6.45, 7) is 6.11. The van der Waals surface area contributed by atoms with Gasteiger partial charge in [-0.1, -0.05) is 30.2 Å². The third-order valence-corrected chi connectivity index (χ3v) is 6.65. The van der Waals surface area contributed by atoms with E-state index in [1.54, 1.807) is 0 Å². The number of aryl methyl sites for hydroxylation is 2. The zero-order chi connectivity index (χ0) is 21.4. The fraction of sp³-hybridized carbons (Fsp3) is 0.400. The maximum atomic E-state index is 12.9. The van der Waals surface area contributed by atoms with Crippen molar-refractivity contribution in [3.8, 4) is 5.69 Å². The zero-order valence-corrected chi connectivity index (χ0v) is 18.3. The van der Waals surface area contributed by atoms with Gasteiger partial charge in [-0.15, -0.1) is 5.10 Å². The van der Waals surface area contributed by atoms with E-state index in [-0.39, 0.29) is 5.91 Å². The van der Waals surface area contributed by atoms with Crippen molar-refractivity contribution in [1.29, 1.82) is 0 Å². The number of anilines is 1. The van der Waals surface area contributed by atoms with E-state index in [2.05, 4.69) is 32.5 Å². The minimum absolute atomic E-state index is 0.222. The molecule has 6 nitrogen and oxygen atoms in total. The summed E-state index contributed by atoms with van der Waals surface area (Å²) < 4.78 is 0. The first-order valence-corrected chi connectivity index (χ1v) is 11.2. The highest BCUT2D eigenvalue weighted by Gasteiger charge is 2.26. The number of rotatable bonds is 4. The number of nitrogens with one attached hydrogen (secondary N) is 1. The number of hydrogen-bond donors (Lipinski definition) is 1. The molecule has 1 saturated carbocycles. The molecule has 6 heteroatoms. The Hall–Kier alpha value is -2.99. The summed E-state index contributed by atoms with van der Waals surface area (Å²) >= 11 is 0. The Bertz CT molecular complexity index is 1100. The second-order valence-electron chi connectivity index (χ2n) is 8.82. The Morgan fingerprint density at radius 2 is 1.71 bits per heavy atom. The molecule has 1 aliphatic heterocycles. The van der Waals surface area contributed by atoms with Crippen LogP contribution >= 0.6 is 0 Å². The number of nitrogens with zero attached hydrogens (tertiary/aromatic N) is 4. The smallest absolute Gasteiger partial charge is 0.278 e. The van der Waals surface area contributed by atoms with Crippen LogP contribution in [0.1, 0.15) is 52.1 Å². The lowest BCUT2D eigenvalue weighted by molar-refractivity contribution is 0.102. The van der Waals surface area contributed by atoms with Gasteiger partial charge in [0, 0.05) is 24.8 Å². The second kappa shape index (κ2) is 8.27. The van der Waals surface area contributed by atoms with Gasteiger partial charge in [-0.05, 0) is 74.9 Å². The molecule has 2 aliphatic rings. The fourth-order valence-electron chi connectivity index (χ4n) is 4.51. The summed E-state index contributed by atoms with van der Waals surface area (Å²) in [7, 11) is 0. The van der Waals surface area contributed by atoms with E-state index < -0.39 is 0 Å². The molecule has 0 bridgehead atoms. The number of fused-ring (bicyclic) bond motifs is 1. The molecule has 5 rings (SSSR count). The minimum Gasteiger partial charge on any atom is -0.321 e. The van der Waals surface area contributed by atoms with Gasteiger partial charge in [0.25, 0.3) is 5.91 Å². The van der Waals surface area contributed by atoms with Crippen molar-refractivity contribution in [3.05, 3.63) is 70.5 Å². The van der Waals surface area contributed by atoms with E-state index >= 15 is 0 Å². The molecule has 1 aromatic heterocycles. The normalized spacial score (nSPS) is 17.0. The van der Waals surface area contributed by atoms with Crippen LogP contribution in [-0.2, 0) is 12.8 Å². The number of hydrogen-bond acceptors (Lipinski definition) is 4. The lowest BCUT2D eigenvalue weighted by atomic mass is 9.91. The van der Waals surface area contributed by atoms with E-state index in [1.807, 2.05) is 44.2 Å². The standard InChI is InChI=1S/C25H29N5O/c1-17-6-10-23(11-7-17)30-27-18(2)24(28-30)25(31)26-21-9-8-19-12-14-29(22-4-3-5-22)15-13-20(19)16-21/h6-11,16,22H,3-5,12-15H2,1-2H3,(H,26,31). The third kappa shape index (κ3) is 4.12. The molecule has 0 atom stereocenters. The van der Waals surface area contributed by atoms with E-state index in [0.29, 0.717) is 11.4 Å². The molecule has 0 spiro atoms. The van der Waals surface area contributed by atoms with Crippen molar-refractivity contribution in [1.82, 2.24) is 19.9 Å². The summed E-state index contributed by atoms with van der Waals surface area (Å²) in [5.74, 6) is -0.222. The lowest BCUT2D eigenvalue weighted by Crippen LogP contribution is -2.41. The maximum absolute atomic E-state index is 12.9. The highest BCUT2D eigenvalue weighted by atomic mass is 16.2. The molecule has 0 unspecified atom stereocenters. The van der Waals surface area contributed by atoms with E-state index in [1.165, 1.54) is 40.7 Å². The highest BCUT2D eigenvalue weighted by Crippen LogP contribution is 2.28. The number of aromatic nitrogens is 3. The topological polar surface area (TPSA) is 63.1 Å². The third-order valence-electron chi connectivity index (χ3n) is 6.65. The summed E-state index contributed by atoms with van der Waals surface area (Å²) in [5.41, 5.74) is 6.56. The van der Waals surface area contributed by atoms with Crippen LogP contribution < -0.4 is 5.32 Å². The Morgan fingerprint density at radius 1 is 0.968 bits per heavy atom. The quantitative estimate of drug-likeness (QED) is 0.697. The Labute approximate surface area is 183 Å². The summed E-state index contributed by atoms with van der Waals surface area (Å²) in [4.78, 5) is 17.1. The van der Waals surface area contributed by atoms with Crippen LogP contribution in [0.4, 0.5) is 5.69 Å². The van der Waals surface area contributed by atoms with Gasteiger partial charge in [0.1, 0.15) is 0 Å². The van der Waals surface area contributed by atoms with Crippen LogP contribution in [0.25, 0.3) is 5.69 Å². The molecule has 2 aromatic carbocycles. The van der Waals surface area contributed by atoms with Crippen molar-refractivity contribution in [2.45, 2.75) is 52.0 Å². The van der Waals surface area contributed by atoms with Gasteiger partial charge in [-0.2, -0.15) is 9.90 Å². The van der Waals surface area contributed by atoms with E-state index in [9.17, 15) is 4.79 Å². The summed E-state index contributed by atoms with van der Waals surface area (Å²) in [5, 5.41) is 11.9. The first-order chi connectivity index (χ1) is 15.1. The van der Waals surface area contributed by atoms with Gasteiger partial charge in [-0.3, -0.25) is 9.69 Å². The number of carbonyl (C=O) groups is 1. The minimum atomic E-state index is -0.222. The molecular formula is C25H29N5O. The lowest BCUT2D eigenvalue weighted by Gasteiger charge is -2.36. The molecule has 1 aliphatic carbocycles. The molecule has 1 amide bonds. The van der Waals surface area contributed by atoms with Crippen molar-refractivity contribution >= 4 is 11.6 Å². The van der Waals surface area contributed by atoms with Gasteiger partial charge >= 0.3 is 0 Å². The van der Waals surface area contributed by atoms with Gasteiger partial charge in [0.05, 0.1) is 11.4 Å². The average Bonchev–Trinajstić information content (AvgIpc) is 3.00. The zero-order valence-electron chi connectivity index (χ0n) is 18.3. The van der Waals surface area contributed by atoms with Crippen LogP contribution in [0.2, 0.25) is 0 Å². The molecule has 1 N–H and O–H groups in total. The number of amides is 1. The summed E-state index contributed by atoms with van der Waals surface area (Å²) in [6, 6.07) is 15.0.